The maximum Gasteiger partial charge on any atom is 0.255 e. The van der Waals surface area contributed by atoms with Crippen LogP contribution >= 0.6 is 22.6 Å². The smallest absolute Gasteiger partial charge is 0.255 e. The average Bonchev–Trinajstić information content (AvgIpc) is 3.25. The van der Waals surface area contributed by atoms with E-state index < -0.39 is 6.04 Å². The molecular formula is C24H26IN5O4. The van der Waals surface area contributed by atoms with Crippen molar-refractivity contribution < 1.29 is 19.4 Å². The molecule has 2 aromatic carbocycles. The monoisotopic (exact) mass is 575 g/mol. The maximum absolute atomic E-state index is 13.6. The van der Waals surface area contributed by atoms with Gasteiger partial charge in [-0.15, -0.1) is 0 Å². The first-order valence-electron chi connectivity index (χ1n) is 10.8. The first-order valence-corrected chi connectivity index (χ1v) is 11.9. The van der Waals surface area contributed by atoms with Crippen LogP contribution in [0.1, 0.15) is 30.8 Å². The van der Waals surface area contributed by atoms with Gasteiger partial charge in [-0.25, -0.2) is 4.68 Å². The van der Waals surface area contributed by atoms with Crippen molar-refractivity contribution in [2.24, 2.45) is 0 Å². The molecule has 0 saturated carbocycles. The van der Waals surface area contributed by atoms with E-state index in [1.807, 2.05) is 43.3 Å². The molecule has 0 bridgehead atoms. The highest BCUT2D eigenvalue weighted by atomic mass is 127. The molecule has 10 heteroatoms. The number of hydrogen-bond acceptors (Lipinski definition) is 7. The summed E-state index contributed by atoms with van der Waals surface area (Å²) < 4.78 is 13.9. The lowest BCUT2D eigenvalue weighted by Crippen LogP contribution is -2.31. The lowest BCUT2D eigenvalue weighted by molar-refractivity contribution is -0.113. The third-order valence-electron chi connectivity index (χ3n) is 5.53. The minimum absolute atomic E-state index is 0.0470. The zero-order valence-corrected chi connectivity index (χ0v) is 21.3. The third-order valence-corrected chi connectivity index (χ3v) is 6.25. The molecule has 1 aliphatic rings. The van der Waals surface area contributed by atoms with Gasteiger partial charge in [0.05, 0.1) is 19.8 Å². The number of aryl methyl sites for hydroxylation is 1. The van der Waals surface area contributed by atoms with E-state index in [4.69, 9.17) is 9.47 Å². The van der Waals surface area contributed by atoms with Gasteiger partial charge in [-0.05, 0) is 78.4 Å². The second-order valence-corrected chi connectivity index (χ2v) is 9.00. The van der Waals surface area contributed by atoms with Gasteiger partial charge in [-0.3, -0.25) is 4.79 Å². The van der Waals surface area contributed by atoms with Crippen LogP contribution in [0, 0.1) is 3.57 Å². The van der Waals surface area contributed by atoms with Gasteiger partial charge in [0.1, 0.15) is 17.5 Å². The van der Waals surface area contributed by atoms with Gasteiger partial charge in [-0.1, -0.05) is 0 Å². The number of nitrogens with zero attached hydrogens (tertiary/aromatic N) is 3. The molecule has 0 fully saturated rings. The SMILES string of the molecule is COc1ccc(OC)c(C2C(C(=O)Nc3ccc(I)cc3)=C(C)Nc3nc(CCCO)nn32)c1. The van der Waals surface area contributed by atoms with Gasteiger partial charge >= 0.3 is 0 Å². The first kappa shape index (κ1) is 24.0. The third kappa shape index (κ3) is 4.87. The van der Waals surface area contributed by atoms with Crippen molar-refractivity contribution in [2.75, 3.05) is 31.5 Å². The Morgan fingerprint density at radius 1 is 1.21 bits per heavy atom. The molecule has 1 unspecified atom stereocenters. The summed E-state index contributed by atoms with van der Waals surface area (Å²) in [5, 5.41) is 20.1. The van der Waals surface area contributed by atoms with E-state index in [0.717, 1.165) is 9.13 Å². The molecule has 178 valence electrons. The number of amides is 1. The lowest BCUT2D eigenvalue weighted by atomic mass is 9.94. The summed E-state index contributed by atoms with van der Waals surface area (Å²) in [6.07, 6.45) is 1.06. The molecule has 9 nitrogen and oxygen atoms in total. The highest BCUT2D eigenvalue weighted by Gasteiger charge is 2.36. The molecule has 2 heterocycles. The topological polar surface area (TPSA) is 111 Å². The van der Waals surface area contributed by atoms with Crippen molar-refractivity contribution in [3.8, 4) is 11.5 Å². The fourth-order valence-electron chi connectivity index (χ4n) is 3.90. The summed E-state index contributed by atoms with van der Waals surface area (Å²) in [6, 6.07) is 12.4. The molecule has 3 aromatic rings. The van der Waals surface area contributed by atoms with Crippen LogP contribution in [0.15, 0.2) is 53.7 Å². The molecule has 4 rings (SSSR count). The van der Waals surface area contributed by atoms with Crippen LogP contribution in [0.2, 0.25) is 0 Å². The van der Waals surface area contributed by atoms with E-state index in [9.17, 15) is 9.90 Å². The van der Waals surface area contributed by atoms with Gasteiger partial charge in [0, 0.05) is 33.5 Å². The molecule has 1 atom stereocenters. The predicted molar refractivity (Wildman–Crippen MR) is 137 cm³/mol. The molecule has 0 spiro atoms. The Morgan fingerprint density at radius 3 is 2.65 bits per heavy atom. The number of carbonyl (C=O) groups is 1. The van der Waals surface area contributed by atoms with E-state index in [1.165, 1.54) is 0 Å². The van der Waals surface area contributed by atoms with Gasteiger partial charge in [0.2, 0.25) is 5.95 Å². The second kappa shape index (κ2) is 10.4. The molecular weight excluding hydrogens is 549 g/mol. The number of benzene rings is 2. The normalized spacial score (nSPS) is 14.9. The average molecular weight is 575 g/mol. The van der Waals surface area contributed by atoms with Crippen LogP contribution in [-0.4, -0.2) is 46.6 Å². The second-order valence-electron chi connectivity index (χ2n) is 7.76. The highest BCUT2D eigenvalue weighted by Crippen LogP contribution is 2.41. The van der Waals surface area contributed by atoms with Crippen molar-refractivity contribution in [3.63, 3.8) is 0 Å². The van der Waals surface area contributed by atoms with Crippen molar-refractivity contribution in [1.82, 2.24) is 14.8 Å². The zero-order chi connectivity index (χ0) is 24.2. The molecule has 1 aliphatic heterocycles. The number of methoxy groups -OCH3 is 2. The number of aliphatic hydroxyl groups is 1. The Bertz CT molecular complexity index is 1220. The van der Waals surface area contributed by atoms with E-state index in [2.05, 4.69) is 43.3 Å². The number of fused-ring (bicyclic) bond motifs is 1. The number of rotatable bonds is 8. The minimum atomic E-state index is -0.611. The Hall–Kier alpha value is -3.12. The Morgan fingerprint density at radius 2 is 1.97 bits per heavy atom. The molecule has 1 aromatic heterocycles. The van der Waals surface area contributed by atoms with Crippen LogP contribution < -0.4 is 20.1 Å². The zero-order valence-electron chi connectivity index (χ0n) is 19.1. The number of ether oxygens (including phenoxy) is 2. The van der Waals surface area contributed by atoms with Crippen LogP contribution in [0.25, 0.3) is 0 Å². The molecule has 3 N–H and O–H groups in total. The molecule has 0 saturated heterocycles. The number of aromatic nitrogens is 3. The van der Waals surface area contributed by atoms with Crippen LogP contribution in [-0.2, 0) is 11.2 Å². The van der Waals surface area contributed by atoms with E-state index in [0.29, 0.717) is 53.1 Å². The van der Waals surface area contributed by atoms with Crippen molar-refractivity contribution in [1.29, 1.82) is 0 Å². The summed E-state index contributed by atoms with van der Waals surface area (Å²) in [4.78, 5) is 18.2. The number of carbonyl (C=O) groups excluding carboxylic acids is 1. The van der Waals surface area contributed by atoms with E-state index in [-0.39, 0.29) is 12.5 Å². The number of allylic oxidation sites excluding steroid dienone is 1. The first-order chi connectivity index (χ1) is 16.4. The number of hydrogen-bond donors (Lipinski definition) is 3. The van der Waals surface area contributed by atoms with Crippen LogP contribution in [0.3, 0.4) is 0 Å². The van der Waals surface area contributed by atoms with Gasteiger partial charge in [-0.2, -0.15) is 10.1 Å². The number of halogens is 1. The summed E-state index contributed by atoms with van der Waals surface area (Å²) in [7, 11) is 3.18. The fourth-order valence-corrected chi connectivity index (χ4v) is 4.26. The van der Waals surface area contributed by atoms with Crippen molar-refractivity contribution in [2.45, 2.75) is 25.8 Å². The Kier molecular flexibility index (Phi) is 7.37. The van der Waals surface area contributed by atoms with Crippen LogP contribution in [0.4, 0.5) is 11.6 Å². The standard InChI is InChI=1S/C24H26IN5O4/c1-14-21(23(32)27-16-8-6-15(25)7-9-16)22(18-13-17(33-2)10-11-19(18)34-3)30-24(26-14)28-20(29-30)5-4-12-31/h6-11,13,22,31H,4-5,12H2,1-3H3,(H,27,32)(H,26,28,29). The number of nitrogens with one attached hydrogen (secondary N) is 2. The fraction of sp³-hybridized carbons (Fsp3) is 0.292. The van der Waals surface area contributed by atoms with Gasteiger partial charge < -0.3 is 25.2 Å². The summed E-state index contributed by atoms with van der Waals surface area (Å²) in [6.45, 7) is 1.89. The minimum Gasteiger partial charge on any atom is -0.497 e. The molecule has 1 amide bonds. The van der Waals surface area contributed by atoms with E-state index >= 15 is 0 Å². The largest absolute Gasteiger partial charge is 0.497 e. The van der Waals surface area contributed by atoms with Crippen molar-refractivity contribution in [3.05, 3.63) is 68.7 Å². The molecule has 0 aliphatic carbocycles. The maximum atomic E-state index is 13.6. The number of anilines is 2. The Labute approximate surface area is 211 Å². The van der Waals surface area contributed by atoms with Crippen LogP contribution in [0.5, 0.6) is 11.5 Å². The quantitative estimate of drug-likeness (QED) is 0.351. The Balaban J connectivity index is 1.82. The molecule has 0 radical (unpaired) electrons. The summed E-state index contributed by atoms with van der Waals surface area (Å²) in [5.74, 6) is 2.06. The predicted octanol–water partition coefficient (Wildman–Crippen LogP) is 3.75. The molecule has 34 heavy (non-hydrogen) atoms. The van der Waals surface area contributed by atoms with Crippen molar-refractivity contribution >= 4 is 40.1 Å². The number of aliphatic hydroxyl groups excluding tert-OH is 1. The highest BCUT2D eigenvalue weighted by molar-refractivity contribution is 14.1. The van der Waals surface area contributed by atoms with Gasteiger partial charge in [0.15, 0.2) is 5.82 Å². The van der Waals surface area contributed by atoms with E-state index in [1.54, 1.807) is 25.0 Å². The van der Waals surface area contributed by atoms with Gasteiger partial charge in [0.25, 0.3) is 5.91 Å². The lowest BCUT2D eigenvalue weighted by Gasteiger charge is -2.29. The summed E-state index contributed by atoms with van der Waals surface area (Å²) in [5.41, 5.74) is 2.55. The summed E-state index contributed by atoms with van der Waals surface area (Å²) >= 11 is 2.22.